The van der Waals surface area contributed by atoms with Crippen molar-refractivity contribution in [2.45, 2.75) is 38.1 Å². The summed E-state index contributed by atoms with van der Waals surface area (Å²) in [5, 5.41) is 3.38. The molecule has 18 heavy (non-hydrogen) atoms. The number of sulfonamides is 1. The van der Waals surface area contributed by atoms with E-state index in [9.17, 15) is 8.42 Å². The van der Waals surface area contributed by atoms with Crippen LogP contribution in [-0.2, 0) is 10.0 Å². The van der Waals surface area contributed by atoms with E-state index in [0.717, 1.165) is 12.1 Å². The fourth-order valence-corrected chi connectivity index (χ4v) is 2.76. The van der Waals surface area contributed by atoms with Crippen molar-refractivity contribution in [3.63, 3.8) is 0 Å². The van der Waals surface area contributed by atoms with Crippen LogP contribution in [0.15, 0.2) is 18.3 Å². The highest BCUT2D eigenvalue weighted by Crippen LogP contribution is 2.21. The van der Waals surface area contributed by atoms with Crippen molar-refractivity contribution in [3.05, 3.63) is 18.3 Å². The minimum absolute atomic E-state index is 0.492. The van der Waals surface area contributed by atoms with Crippen molar-refractivity contribution in [1.29, 1.82) is 0 Å². The summed E-state index contributed by atoms with van der Waals surface area (Å²) in [7, 11) is -3.23. The number of hydrogen-bond donors (Lipinski definition) is 2. The minimum atomic E-state index is -3.23. The molecule has 1 aromatic rings. The van der Waals surface area contributed by atoms with Gasteiger partial charge in [0.05, 0.1) is 18.1 Å². The first-order valence-corrected chi connectivity index (χ1v) is 8.12. The molecule has 5 nitrogen and oxygen atoms in total. The average Bonchev–Trinajstić information content (AvgIpc) is 2.31. The number of anilines is 2. The molecule has 2 N–H and O–H groups in total. The third-order valence-electron chi connectivity index (χ3n) is 3.02. The summed E-state index contributed by atoms with van der Waals surface area (Å²) in [4.78, 5) is 4.22. The van der Waals surface area contributed by atoms with Gasteiger partial charge in [-0.15, -0.1) is 0 Å². The zero-order valence-electron chi connectivity index (χ0n) is 10.5. The van der Waals surface area contributed by atoms with Crippen molar-refractivity contribution in [3.8, 4) is 0 Å². The van der Waals surface area contributed by atoms with E-state index in [2.05, 4.69) is 15.0 Å². The van der Waals surface area contributed by atoms with Crippen molar-refractivity contribution < 1.29 is 8.42 Å². The molecule has 0 spiro atoms. The van der Waals surface area contributed by atoms with Crippen LogP contribution in [0.5, 0.6) is 0 Å². The van der Waals surface area contributed by atoms with E-state index in [1.165, 1.54) is 38.3 Å². The largest absolute Gasteiger partial charge is 0.367 e. The summed E-state index contributed by atoms with van der Waals surface area (Å²) < 4.78 is 24.5. The predicted molar refractivity (Wildman–Crippen MR) is 73.2 cm³/mol. The summed E-state index contributed by atoms with van der Waals surface area (Å²) in [6, 6.07) is 4.03. The summed E-state index contributed by atoms with van der Waals surface area (Å²) in [6.45, 7) is 0. The summed E-state index contributed by atoms with van der Waals surface area (Å²) in [5.41, 5.74) is 0.492. The average molecular weight is 269 g/mol. The van der Waals surface area contributed by atoms with Gasteiger partial charge in [0.25, 0.3) is 0 Å². The molecule has 1 saturated carbocycles. The molecule has 0 aliphatic heterocycles. The molecule has 2 rings (SSSR count). The van der Waals surface area contributed by atoms with Gasteiger partial charge in [-0.2, -0.15) is 0 Å². The lowest BCUT2D eigenvalue weighted by Crippen LogP contribution is -2.22. The van der Waals surface area contributed by atoms with Gasteiger partial charge in [-0.25, -0.2) is 13.4 Å². The van der Waals surface area contributed by atoms with Crippen molar-refractivity contribution >= 4 is 21.5 Å². The van der Waals surface area contributed by atoms with Gasteiger partial charge in [0.15, 0.2) is 0 Å². The summed E-state index contributed by atoms with van der Waals surface area (Å²) in [5.74, 6) is 0.806. The van der Waals surface area contributed by atoms with Crippen LogP contribution in [-0.4, -0.2) is 25.7 Å². The Balaban J connectivity index is 1.94. The maximum Gasteiger partial charge on any atom is 0.229 e. The molecule has 0 saturated heterocycles. The van der Waals surface area contributed by atoms with Gasteiger partial charge < -0.3 is 5.32 Å². The molecule has 0 unspecified atom stereocenters. The van der Waals surface area contributed by atoms with Crippen molar-refractivity contribution in [1.82, 2.24) is 4.98 Å². The van der Waals surface area contributed by atoms with Crippen LogP contribution < -0.4 is 10.0 Å². The predicted octanol–water partition coefficient (Wildman–Crippen LogP) is 2.20. The van der Waals surface area contributed by atoms with Gasteiger partial charge in [0, 0.05) is 6.04 Å². The third-order valence-corrected chi connectivity index (χ3v) is 3.63. The van der Waals surface area contributed by atoms with E-state index in [1.807, 2.05) is 6.07 Å². The Kier molecular flexibility index (Phi) is 4.06. The standard InChI is InChI=1S/C12H19N3O2S/c1-18(16,17)15-11-7-8-12(13-9-11)14-10-5-3-2-4-6-10/h7-10,15H,2-6H2,1H3,(H,13,14). The molecule has 0 aromatic carbocycles. The zero-order chi connectivity index (χ0) is 13.0. The molecule has 1 heterocycles. The fraction of sp³-hybridized carbons (Fsp3) is 0.583. The monoisotopic (exact) mass is 269 g/mol. The number of rotatable bonds is 4. The zero-order valence-corrected chi connectivity index (χ0v) is 11.3. The first kappa shape index (κ1) is 13.1. The smallest absolute Gasteiger partial charge is 0.229 e. The third kappa shape index (κ3) is 4.18. The minimum Gasteiger partial charge on any atom is -0.367 e. The lowest BCUT2D eigenvalue weighted by atomic mass is 9.95. The van der Waals surface area contributed by atoms with Gasteiger partial charge in [-0.3, -0.25) is 4.72 Å². The van der Waals surface area contributed by atoms with Gasteiger partial charge in [0.1, 0.15) is 5.82 Å². The highest BCUT2D eigenvalue weighted by atomic mass is 32.2. The lowest BCUT2D eigenvalue weighted by Gasteiger charge is -2.23. The molecule has 0 atom stereocenters. The van der Waals surface area contributed by atoms with E-state index in [4.69, 9.17) is 0 Å². The van der Waals surface area contributed by atoms with E-state index in [-0.39, 0.29) is 0 Å². The van der Waals surface area contributed by atoms with Crippen LogP contribution >= 0.6 is 0 Å². The molecule has 0 radical (unpaired) electrons. The summed E-state index contributed by atoms with van der Waals surface area (Å²) >= 11 is 0. The Bertz CT molecular complexity index is 479. The number of nitrogens with one attached hydrogen (secondary N) is 2. The van der Waals surface area contributed by atoms with Gasteiger partial charge in [0.2, 0.25) is 10.0 Å². The van der Waals surface area contributed by atoms with Crippen molar-refractivity contribution in [2.75, 3.05) is 16.3 Å². The molecule has 1 aliphatic rings. The number of pyridine rings is 1. The SMILES string of the molecule is CS(=O)(=O)Nc1ccc(NC2CCCCC2)nc1. The maximum atomic E-state index is 11.0. The van der Waals surface area contributed by atoms with Gasteiger partial charge in [-0.05, 0) is 25.0 Å². The quantitative estimate of drug-likeness (QED) is 0.879. The summed E-state index contributed by atoms with van der Waals surface area (Å²) in [6.07, 6.45) is 8.89. The Morgan fingerprint density at radius 1 is 1.22 bits per heavy atom. The Hall–Kier alpha value is -1.30. The highest BCUT2D eigenvalue weighted by molar-refractivity contribution is 7.92. The molecular weight excluding hydrogens is 250 g/mol. The van der Waals surface area contributed by atoms with Crippen LogP contribution in [0.4, 0.5) is 11.5 Å². The van der Waals surface area contributed by atoms with Crippen molar-refractivity contribution in [2.24, 2.45) is 0 Å². The second-order valence-corrected chi connectivity index (χ2v) is 6.53. The molecule has 0 amide bonds. The molecule has 6 heteroatoms. The number of nitrogens with zero attached hydrogens (tertiary/aromatic N) is 1. The first-order chi connectivity index (χ1) is 8.53. The maximum absolute atomic E-state index is 11.0. The van der Waals surface area contributed by atoms with Crippen LogP contribution in [0.3, 0.4) is 0 Å². The Morgan fingerprint density at radius 2 is 1.94 bits per heavy atom. The molecule has 1 aliphatic carbocycles. The van der Waals surface area contributed by atoms with Gasteiger partial charge in [-0.1, -0.05) is 19.3 Å². The van der Waals surface area contributed by atoms with E-state index >= 15 is 0 Å². The normalized spacial score (nSPS) is 17.4. The lowest BCUT2D eigenvalue weighted by molar-refractivity contribution is 0.462. The Labute approximate surface area is 108 Å². The fourth-order valence-electron chi connectivity index (χ4n) is 2.21. The highest BCUT2D eigenvalue weighted by Gasteiger charge is 2.13. The van der Waals surface area contributed by atoms with E-state index in [1.54, 1.807) is 6.07 Å². The molecular formula is C12H19N3O2S. The van der Waals surface area contributed by atoms with Crippen LogP contribution in [0.25, 0.3) is 0 Å². The van der Waals surface area contributed by atoms with E-state index in [0.29, 0.717) is 11.7 Å². The Morgan fingerprint density at radius 3 is 2.50 bits per heavy atom. The van der Waals surface area contributed by atoms with E-state index < -0.39 is 10.0 Å². The first-order valence-electron chi connectivity index (χ1n) is 6.23. The molecule has 1 fully saturated rings. The number of hydrogen-bond acceptors (Lipinski definition) is 4. The topological polar surface area (TPSA) is 71.1 Å². The second-order valence-electron chi connectivity index (χ2n) is 4.79. The van der Waals surface area contributed by atoms with Gasteiger partial charge >= 0.3 is 0 Å². The molecule has 100 valence electrons. The van der Waals surface area contributed by atoms with Crippen LogP contribution in [0.2, 0.25) is 0 Å². The molecule has 0 bridgehead atoms. The van der Waals surface area contributed by atoms with Crippen LogP contribution in [0, 0.1) is 0 Å². The second kappa shape index (κ2) is 5.56. The number of aromatic nitrogens is 1. The van der Waals surface area contributed by atoms with Crippen LogP contribution in [0.1, 0.15) is 32.1 Å². The molecule has 1 aromatic heterocycles.